The van der Waals surface area contributed by atoms with Gasteiger partial charge in [-0.3, -0.25) is 9.52 Å². The fourth-order valence-corrected chi connectivity index (χ4v) is 3.86. The first-order valence-electron chi connectivity index (χ1n) is 8.30. The lowest BCUT2D eigenvalue weighted by atomic mass is 9.99. The Kier molecular flexibility index (Phi) is 6.41. The standard InChI is InChI=1S/C16H22FN3O5S/c1-2-8-26(24,25)19-12-5-6-14(13(17)9-12)18-16(23)20-7-3-4-11(10-20)15(21)22/h5-6,9,11,19H,2-4,7-8,10H2,1H3,(H,18,23)(H,21,22). The summed E-state index contributed by atoms with van der Waals surface area (Å²) in [6, 6.07) is 3.01. The first-order chi connectivity index (χ1) is 12.2. The van der Waals surface area contributed by atoms with Crippen molar-refractivity contribution in [1.29, 1.82) is 0 Å². The van der Waals surface area contributed by atoms with Crippen molar-refractivity contribution in [3.05, 3.63) is 24.0 Å². The summed E-state index contributed by atoms with van der Waals surface area (Å²) in [4.78, 5) is 24.6. The van der Waals surface area contributed by atoms with Crippen molar-refractivity contribution in [1.82, 2.24) is 4.90 Å². The Morgan fingerprint density at radius 2 is 2.12 bits per heavy atom. The van der Waals surface area contributed by atoms with Gasteiger partial charge in [0, 0.05) is 19.2 Å². The summed E-state index contributed by atoms with van der Waals surface area (Å²) in [5.41, 5.74) is -0.0382. The highest BCUT2D eigenvalue weighted by Crippen LogP contribution is 2.22. The quantitative estimate of drug-likeness (QED) is 0.693. The first kappa shape index (κ1) is 20.0. The molecule has 1 atom stereocenters. The molecule has 0 radical (unpaired) electrons. The minimum atomic E-state index is -3.54. The zero-order valence-electron chi connectivity index (χ0n) is 14.4. The molecule has 0 bridgehead atoms. The zero-order chi connectivity index (χ0) is 19.3. The van der Waals surface area contributed by atoms with Crippen LogP contribution < -0.4 is 10.0 Å². The molecule has 1 aliphatic heterocycles. The van der Waals surface area contributed by atoms with Crippen LogP contribution in [-0.4, -0.2) is 49.3 Å². The second-order valence-electron chi connectivity index (χ2n) is 6.17. The molecule has 0 saturated carbocycles. The molecular weight excluding hydrogens is 365 g/mol. The second-order valence-corrected chi connectivity index (χ2v) is 8.01. The molecule has 26 heavy (non-hydrogen) atoms. The number of amides is 2. The maximum Gasteiger partial charge on any atom is 0.321 e. The molecule has 1 fully saturated rings. The van der Waals surface area contributed by atoms with E-state index in [1.807, 2.05) is 0 Å². The van der Waals surface area contributed by atoms with E-state index >= 15 is 0 Å². The predicted octanol–water partition coefficient (Wildman–Crippen LogP) is 2.31. The van der Waals surface area contributed by atoms with Crippen LogP contribution in [0.4, 0.5) is 20.6 Å². The highest BCUT2D eigenvalue weighted by Gasteiger charge is 2.28. The van der Waals surface area contributed by atoms with Gasteiger partial charge in [-0.1, -0.05) is 6.92 Å². The Balaban J connectivity index is 2.03. The van der Waals surface area contributed by atoms with E-state index in [0.717, 1.165) is 6.07 Å². The van der Waals surface area contributed by atoms with Crippen LogP contribution in [-0.2, 0) is 14.8 Å². The van der Waals surface area contributed by atoms with Crippen molar-refractivity contribution in [3.63, 3.8) is 0 Å². The number of rotatable bonds is 6. The van der Waals surface area contributed by atoms with Gasteiger partial charge in [0.2, 0.25) is 10.0 Å². The van der Waals surface area contributed by atoms with Crippen molar-refractivity contribution in [2.24, 2.45) is 5.92 Å². The molecule has 144 valence electrons. The van der Waals surface area contributed by atoms with E-state index in [-0.39, 0.29) is 23.7 Å². The highest BCUT2D eigenvalue weighted by atomic mass is 32.2. The molecule has 1 saturated heterocycles. The fraction of sp³-hybridized carbons (Fsp3) is 0.500. The summed E-state index contributed by atoms with van der Waals surface area (Å²) in [6.45, 7) is 2.18. The van der Waals surface area contributed by atoms with Gasteiger partial charge in [0.1, 0.15) is 5.82 Å². The van der Waals surface area contributed by atoms with Crippen LogP contribution in [0, 0.1) is 11.7 Å². The van der Waals surface area contributed by atoms with E-state index in [2.05, 4.69) is 10.0 Å². The molecule has 1 aromatic carbocycles. The van der Waals surface area contributed by atoms with Crippen LogP contribution in [0.15, 0.2) is 18.2 Å². The lowest BCUT2D eigenvalue weighted by Gasteiger charge is -2.30. The van der Waals surface area contributed by atoms with Crippen molar-refractivity contribution < 1.29 is 27.5 Å². The van der Waals surface area contributed by atoms with Crippen molar-refractivity contribution in [2.45, 2.75) is 26.2 Å². The minimum absolute atomic E-state index is 0.0671. The third kappa shape index (κ3) is 5.32. The van der Waals surface area contributed by atoms with E-state index < -0.39 is 33.8 Å². The molecule has 3 N–H and O–H groups in total. The fourth-order valence-electron chi connectivity index (χ4n) is 2.74. The predicted molar refractivity (Wildman–Crippen MR) is 95.1 cm³/mol. The second kappa shape index (κ2) is 8.35. The Morgan fingerprint density at radius 3 is 2.73 bits per heavy atom. The summed E-state index contributed by atoms with van der Waals surface area (Å²) in [5, 5.41) is 11.5. The maximum atomic E-state index is 14.2. The first-order valence-corrected chi connectivity index (χ1v) is 9.96. The number of urea groups is 1. The summed E-state index contributed by atoms with van der Waals surface area (Å²) in [7, 11) is -3.54. The van der Waals surface area contributed by atoms with Crippen LogP contribution >= 0.6 is 0 Å². The lowest BCUT2D eigenvalue weighted by molar-refractivity contribution is -0.143. The van der Waals surface area contributed by atoms with E-state index in [1.165, 1.54) is 17.0 Å². The lowest BCUT2D eigenvalue weighted by Crippen LogP contribution is -2.44. The molecule has 0 aromatic heterocycles. The molecule has 1 aromatic rings. The maximum absolute atomic E-state index is 14.2. The topological polar surface area (TPSA) is 116 Å². The number of sulfonamides is 1. The van der Waals surface area contributed by atoms with Crippen LogP contribution in [0.2, 0.25) is 0 Å². The van der Waals surface area contributed by atoms with Gasteiger partial charge < -0.3 is 15.3 Å². The number of aliphatic carboxylic acids is 1. The van der Waals surface area contributed by atoms with E-state index in [1.54, 1.807) is 6.92 Å². The number of likely N-dealkylation sites (tertiary alicyclic amines) is 1. The molecule has 2 rings (SSSR count). The van der Waals surface area contributed by atoms with Gasteiger partial charge in [0.25, 0.3) is 0 Å². The number of nitrogens with one attached hydrogen (secondary N) is 2. The summed E-state index contributed by atoms with van der Waals surface area (Å²) in [6.07, 6.45) is 1.49. The number of hydrogen-bond donors (Lipinski definition) is 3. The number of anilines is 2. The third-order valence-corrected chi connectivity index (χ3v) is 5.51. The number of carboxylic acids is 1. The van der Waals surface area contributed by atoms with Crippen LogP contribution in [0.1, 0.15) is 26.2 Å². The van der Waals surface area contributed by atoms with Gasteiger partial charge in [-0.2, -0.15) is 0 Å². The number of hydrogen-bond acceptors (Lipinski definition) is 4. The summed E-state index contributed by atoms with van der Waals surface area (Å²) >= 11 is 0. The van der Waals surface area contributed by atoms with Gasteiger partial charge in [-0.15, -0.1) is 0 Å². The molecule has 1 heterocycles. The zero-order valence-corrected chi connectivity index (χ0v) is 15.2. The molecule has 10 heteroatoms. The number of piperidine rings is 1. The van der Waals surface area contributed by atoms with E-state index in [0.29, 0.717) is 25.8 Å². The highest BCUT2D eigenvalue weighted by molar-refractivity contribution is 7.92. The Hall–Kier alpha value is -2.36. The van der Waals surface area contributed by atoms with Gasteiger partial charge >= 0.3 is 12.0 Å². The normalized spacial score (nSPS) is 17.6. The molecule has 0 aliphatic carbocycles. The Bertz CT molecular complexity index is 784. The van der Waals surface area contributed by atoms with E-state index in [4.69, 9.17) is 5.11 Å². The molecule has 1 unspecified atom stereocenters. The van der Waals surface area contributed by atoms with Crippen molar-refractivity contribution >= 4 is 33.4 Å². The summed E-state index contributed by atoms with van der Waals surface area (Å²) in [5.74, 6) is -2.46. The number of carbonyl (C=O) groups excluding carboxylic acids is 1. The number of halogens is 1. The molecule has 8 nitrogen and oxygen atoms in total. The third-order valence-electron chi connectivity index (χ3n) is 4.01. The van der Waals surface area contributed by atoms with E-state index in [9.17, 15) is 22.4 Å². The summed E-state index contributed by atoms with van der Waals surface area (Å²) < 4.78 is 39.9. The van der Waals surface area contributed by atoms with Crippen molar-refractivity contribution in [3.8, 4) is 0 Å². The van der Waals surface area contributed by atoms with Crippen LogP contribution in [0.25, 0.3) is 0 Å². The average molecular weight is 387 g/mol. The molecule has 1 aliphatic rings. The number of carbonyl (C=O) groups is 2. The van der Waals surface area contributed by atoms with Gasteiger partial charge in [0.15, 0.2) is 0 Å². The SMILES string of the molecule is CCCS(=O)(=O)Nc1ccc(NC(=O)N2CCCC(C(=O)O)C2)c(F)c1. The Labute approximate surface area is 151 Å². The van der Waals surface area contributed by atoms with Crippen LogP contribution in [0.5, 0.6) is 0 Å². The van der Waals surface area contributed by atoms with Gasteiger partial charge in [-0.25, -0.2) is 17.6 Å². The number of carboxylic acid groups (broad SMARTS) is 1. The number of benzene rings is 1. The minimum Gasteiger partial charge on any atom is -0.481 e. The van der Waals surface area contributed by atoms with Gasteiger partial charge in [0.05, 0.1) is 23.0 Å². The Morgan fingerprint density at radius 1 is 1.38 bits per heavy atom. The smallest absolute Gasteiger partial charge is 0.321 e. The molecular formula is C16H22FN3O5S. The van der Waals surface area contributed by atoms with Gasteiger partial charge in [-0.05, 0) is 31.4 Å². The monoisotopic (exact) mass is 387 g/mol. The number of nitrogens with zero attached hydrogens (tertiary/aromatic N) is 1. The largest absolute Gasteiger partial charge is 0.481 e. The van der Waals surface area contributed by atoms with Crippen molar-refractivity contribution in [2.75, 3.05) is 28.9 Å². The molecule has 0 spiro atoms. The van der Waals surface area contributed by atoms with Crippen LogP contribution in [0.3, 0.4) is 0 Å². The molecule has 2 amide bonds. The average Bonchev–Trinajstić information content (AvgIpc) is 2.57.